The average Bonchev–Trinajstić information content (AvgIpc) is 3.81. The molecule has 4 aromatic carbocycles. The minimum atomic E-state index is -0.479. The predicted molar refractivity (Wildman–Crippen MR) is 248 cm³/mol. The van der Waals surface area contributed by atoms with Gasteiger partial charge in [-0.2, -0.15) is 5.10 Å². The van der Waals surface area contributed by atoms with Gasteiger partial charge < -0.3 is 23.8 Å². The van der Waals surface area contributed by atoms with E-state index in [1.807, 2.05) is 98.2 Å². The number of carbonyl (C=O) groups is 3. The maximum atomic E-state index is 15.4. The van der Waals surface area contributed by atoms with Crippen molar-refractivity contribution in [3.63, 3.8) is 0 Å². The SMILES string of the molecule is Cc1nn(C)cc1N(C(=O)c1cc(-c2cc3c(cc2C(=O)N2Cc4ccccc4C[C@H]2C)CN(C(=O)Cc2ccc(OCCN4CCOCC4)cc2F)CC3)n(C)c1C)c1ccccc1. The number of nitrogens with zero attached hydrogens (tertiary/aromatic N) is 7. The number of aryl methyl sites for hydroxylation is 2. The second-order valence-electron chi connectivity index (χ2n) is 17.6. The highest BCUT2D eigenvalue weighted by molar-refractivity contribution is 6.13. The molecule has 13 heteroatoms. The zero-order valence-corrected chi connectivity index (χ0v) is 37.8. The minimum absolute atomic E-state index is 0.0646. The van der Waals surface area contributed by atoms with Crippen LogP contribution in [-0.2, 0) is 56.0 Å². The molecule has 1 fully saturated rings. The van der Waals surface area contributed by atoms with E-state index in [1.54, 1.807) is 26.6 Å². The van der Waals surface area contributed by atoms with Gasteiger partial charge in [0.25, 0.3) is 11.8 Å². The number of para-hydroxylation sites is 1. The van der Waals surface area contributed by atoms with Gasteiger partial charge in [-0.05, 0) is 97.8 Å². The first-order valence-corrected chi connectivity index (χ1v) is 22.5. The van der Waals surface area contributed by atoms with E-state index >= 15 is 9.18 Å². The van der Waals surface area contributed by atoms with Gasteiger partial charge in [0.2, 0.25) is 5.91 Å². The van der Waals surface area contributed by atoms with Gasteiger partial charge in [0.05, 0.1) is 36.6 Å². The van der Waals surface area contributed by atoms with Crippen LogP contribution in [0.4, 0.5) is 15.8 Å². The Balaban J connectivity index is 1.02. The summed E-state index contributed by atoms with van der Waals surface area (Å²) in [5.74, 6) is -0.573. The molecule has 0 aliphatic carbocycles. The molecule has 9 rings (SSSR count). The molecule has 0 radical (unpaired) electrons. The number of halogens is 1. The van der Waals surface area contributed by atoms with E-state index in [-0.39, 0.29) is 36.7 Å². The smallest absolute Gasteiger partial charge is 0.264 e. The van der Waals surface area contributed by atoms with E-state index < -0.39 is 5.82 Å². The van der Waals surface area contributed by atoms with Crippen molar-refractivity contribution in [2.75, 3.05) is 50.9 Å². The van der Waals surface area contributed by atoms with Crippen molar-refractivity contribution in [3.05, 3.63) is 153 Å². The van der Waals surface area contributed by atoms with Crippen LogP contribution < -0.4 is 9.64 Å². The van der Waals surface area contributed by atoms with Gasteiger partial charge in [-0.1, -0.05) is 48.5 Å². The van der Waals surface area contributed by atoms with Gasteiger partial charge in [0.15, 0.2) is 0 Å². The van der Waals surface area contributed by atoms with Crippen LogP contribution in [0.3, 0.4) is 0 Å². The molecule has 12 nitrogen and oxygen atoms in total. The summed E-state index contributed by atoms with van der Waals surface area (Å²) in [7, 11) is 3.77. The summed E-state index contributed by atoms with van der Waals surface area (Å²) in [5, 5.41) is 4.55. The topological polar surface area (TPSA) is 105 Å². The minimum Gasteiger partial charge on any atom is -0.492 e. The van der Waals surface area contributed by atoms with Crippen LogP contribution in [0.5, 0.6) is 5.75 Å². The van der Waals surface area contributed by atoms with Crippen molar-refractivity contribution < 1.29 is 28.2 Å². The average molecular weight is 878 g/mol. The molecule has 0 N–H and O–H groups in total. The third kappa shape index (κ3) is 8.95. The summed E-state index contributed by atoms with van der Waals surface area (Å²) in [6.45, 7) is 11.4. The van der Waals surface area contributed by atoms with Gasteiger partial charge in [0, 0.05) is 99.9 Å². The third-order valence-electron chi connectivity index (χ3n) is 13.3. The Hall–Kier alpha value is -6.57. The van der Waals surface area contributed by atoms with E-state index in [9.17, 15) is 9.59 Å². The Labute approximate surface area is 379 Å². The lowest BCUT2D eigenvalue weighted by atomic mass is 9.89. The second kappa shape index (κ2) is 18.5. The number of rotatable bonds is 11. The molecule has 2 aromatic heterocycles. The summed E-state index contributed by atoms with van der Waals surface area (Å²) in [5.41, 5.74) is 9.87. The highest BCUT2D eigenvalue weighted by atomic mass is 19.1. The van der Waals surface area contributed by atoms with E-state index in [0.717, 1.165) is 59.7 Å². The fourth-order valence-corrected chi connectivity index (χ4v) is 9.51. The molecular formula is C52H56FN7O5. The third-order valence-corrected chi connectivity index (χ3v) is 13.3. The van der Waals surface area contributed by atoms with E-state index in [4.69, 9.17) is 9.47 Å². The fraction of sp³-hybridized carbons (Fsp3) is 0.346. The van der Waals surface area contributed by atoms with Crippen LogP contribution in [0, 0.1) is 19.7 Å². The summed E-state index contributed by atoms with van der Waals surface area (Å²) in [6, 6.07) is 28.4. The van der Waals surface area contributed by atoms with Gasteiger partial charge in [-0.15, -0.1) is 0 Å². The number of ether oxygens (including phenoxy) is 2. The molecule has 1 atom stereocenters. The number of fused-ring (bicyclic) bond motifs is 2. The Bertz CT molecular complexity index is 2760. The first-order valence-electron chi connectivity index (χ1n) is 22.5. The van der Waals surface area contributed by atoms with Crippen molar-refractivity contribution >= 4 is 29.1 Å². The maximum absolute atomic E-state index is 15.4. The molecule has 3 aliphatic rings. The van der Waals surface area contributed by atoms with Gasteiger partial charge in [0.1, 0.15) is 18.2 Å². The molecule has 1 saturated heterocycles. The van der Waals surface area contributed by atoms with Crippen LogP contribution in [-0.4, -0.2) is 98.8 Å². The lowest BCUT2D eigenvalue weighted by Gasteiger charge is -2.36. The van der Waals surface area contributed by atoms with Crippen LogP contribution in [0.25, 0.3) is 11.3 Å². The number of benzene rings is 4. The van der Waals surface area contributed by atoms with Crippen molar-refractivity contribution in [1.82, 2.24) is 29.0 Å². The molecule has 0 bridgehead atoms. The highest BCUT2D eigenvalue weighted by Gasteiger charge is 2.33. The van der Waals surface area contributed by atoms with Crippen molar-refractivity contribution in [3.8, 4) is 17.0 Å². The first kappa shape index (κ1) is 43.7. The number of morpholine rings is 1. The Morgan fingerprint density at radius 1 is 0.846 bits per heavy atom. The zero-order chi connectivity index (χ0) is 45.4. The van der Waals surface area contributed by atoms with Crippen molar-refractivity contribution in [2.45, 2.75) is 59.2 Å². The molecule has 0 unspecified atom stereocenters. The van der Waals surface area contributed by atoms with Gasteiger partial charge >= 0.3 is 0 Å². The van der Waals surface area contributed by atoms with Crippen molar-refractivity contribution in [1.29, 1.82) is 0 Å². The molecule has 65 heavy (non-hydrogen) atoms. The Morgan fingerprint density at radius 2 is 1.60 bits per heavy atom. The predicted octanol–water partition coefficient (Wildman–Crippen LogP) is 7.59. The van der Waals surface area contributed by atoms with E-state index in [2.05, 4.69) is 35.1 Å². The number of aromatic nitrogens is 3. The summed E-state index contributed by atoms with van der Waals surface area (Å²) in [4.78, 5) is 51.5. The molecular weight excluding hydrogens is 822 g/mol. The lowest BCUT2D eigenvalue weighted by Crippen LogP contribution is -2.43. The molecule has 6 aromatic rings. The standard InChI is InChI=1S/C52H56FN7O5/c1-34-25-37-11-9-10-12-40(37)32-59(34)51(62)46-27-41-31-58(50(61)28-39-15-16-43(29-47(39)53)65-24-21-57-19-22-64-23-20-57)18-17-38(41)26-45(46)48-30-44(36(3)56(48)5)52(63)60(42-13-7-6-8-14-42)49-33-55(4)54-35(49)2/h6-16,26-27,29-30,33-34H,17-25,28,31-32H2,1-5H3/t34-/m1/s1. The normalized spacial score (nSPS) is 16.2. The van der Waals surface area contributed by atoms with E-state index in [1.165, 1.54) is 11.6 Å². The second-order valence-corrected chi connectivity index (χ2v) is 17.6. The monoisotopic (exact) mass is 877 g/mol. The number of hydrogen-bond donors (Lipinski definition) is 0. The number of hydrogen-bond acceptors (Lipinski definition) is 7. The zero-order valence-electron chi connectivity index (χ0n) is 37.8. The number of anilines is 2. The van der Waals surface area contributed by atoms with Gasteiger partial charge in [-0.25, -0.2) is 4.39 Å². The quantitative estimate of drug-likeness (QED) is 0.132. The molecule has 5 heterocycles. The largest absolute Gasteiger partial charge is 0.492 e. The summed E-state index contributed by atoms with van der Waals surface area (Å²) >= 11 is 0. The summed E-state index contributed by atoms with van der Waals surface area (Å²) < 4.78 is 30.4. The summed E-state index contributed by atoms with van der Waals surface area (Å²) in [6.07, 6.45) is 3.03. The van der Waals surface area contributed by atoms with Crippen molar-refractivity contribution in [2.24, 2.45) is 14.1 Å². The number of amides is 3. The molecule has 3 amide bonds. The molecule has 0 spiro atoms. The highest BCUT2D eigenvalue weighted by Crippen LogP contribution is 2.37. The van der Waals surface area contributed by atoms with Crippen LogP contribution in [0.1, 0.15) is 66.8 Å². The fourth-order valence-electron chi connectivity index (χ4n) is 9.51. The molecule has 336 valence electrons. The van der Waals surface area contributed by atoms with E-state index in [0.29, 0.717) is 78.8 Å². The van der Waals surface area contributed by atoms with Gasteiger partial charge in [-0.3, -0.25) is 28.9 Å². The Kier molecular flexibility index (Phi) is 12.4. The molecule has 3 aliphatic heterocycles. The first-order chi connectivity index (χ1) is 31.4. The Morgan fingerprint density at radius 3 is 2.34 bits per heavy atom. The number of carbonyl (C=O) groups excluding carboxylic acids is 3. The molecule has 0 saturated carbocycles. The van der Waals surface area contributed by atoms with Crippen LogP contribution in [0.15, 0.2) is 97.2 Å². The maximum Gasteiger partial charge on any atom is 0.264 e. The van der Waals surface area contributed by atoms with Crippen LogP contribution >= 0.6 is 0 Å². The lowest BCUT2D eigenvalue weighted by molar-refractivity contribution is -0.131. The van der Waals surface area contributed by atoms with Crippen LogP contribution in [0.2, 0.25) is 0 Å².